The van der Waals surface area contributed by atoms with E-state index in [1.807, 2.05) is 0 Å². The van der Waals surface area contributed by atoms with Crippen LogP contribution in [0.4, 0.5) is 0 Å². The number of hydrogen-bond donors (Lipinski definition) is 2. The van der Waals surface area contributed by atoms with E-state index in [0.29, 0.717) is 6.10 Å². The van der Waals surface area contributed by atoms with Crippen LogP contribution in [0.1, 0.15) is 46.0 Å². The SMILES string of the molecule is CCCNC(C)(CO)CCCOCC1CCCO1. The van der Waals surface area contributed by atoms with Gasteiger partial charge < -0.3 is 19.9 Å². The Hall–Kier alpha value is -0.160. The second-order valence-electron chi connectivity index (χ2n) is 5.46. The molecule has 2 atom stereocenters. The lowest BCUT2D eigenvalue weighted by Gasteiger charge is -2.28. The van der Waals surface area contributed by atoms with Crippen molar-refractivity contribution >= 4 is 0 Å². The Kier molecular flexibility index (Phi) is 7.82. The topological polar surface area (TPSA) is 50.7 Å². The molecule has 2 unspecified atom stereocenters. The van der Waals surface area contributed by atoms with Crippen molar-refractivity contribution in [2.45, 2.75) is 57.6 Å². The monoisotopic (exact) mass is 259 g/mol. The van der Waals surface area contributed by atoms with Crippen LogP contribution in [0, 0.1) is 0 Å². The van der Waals surface area contributed by atoms with Gasteiger partial charge in [0.05, 0.1) is 19.3 Å². The Morgan fingerprint density at radius 2 is 2.33 bits per heavy atom. The highest BCUT2D eigenvalue weighted by Crippen LogP contribution is 2.14. The molecule has 108 valence electrons. The molecule has 1 aliphatic heterocycles. The predicted octanol–water partition coefficient (Wildman–Crippen LogP) is 1.71. The summed E-state index contributed by atoms with van der Waals surface area (Å²) in [6.45, 7) is 7.70. The molecule has 0 aromatic heterocycles. The molecule has 0 radical (unpaired) electrons. The zero-order valence-corrected chi connectivity index (χ0v) is 11.9. The molecule has 4 heteroatoms. The van der Waals surface area contributed by atoms with Crippen LogP contribution >= 0.6 is 0 Å². The molecule has 1 rings (SSSR count). The van der Waals surface area contributed by atoms with E-state index in [9.17, 15) is 5.11 Å². The van der Waals surface area contributed by atoms with E-state index in [2.05, 4.69) is 19.2 Å². The van der Waals surface area contributed by atoms with Crippen molar-refractivity contribution < 1.29 is 14.6 Å². The van der Waals surface area contributed by atoms with E-state index < -0.39 is 0 Å². The summed E-state index contributed by atoms with van der Waals surface area (Å²) in [7, 11) is 0. The summed E-state index contributed by atoms with van der Waals surface area (Å²) >= 11 is 0. The molecule has 1 aliphatic rings. The first-order valence-electron chi connectivity index (χ1n) is 7.25. The van der Waals surface area contributed by atoms with Crippen molar-refractivity contribution in [3.63, 3.8) is 0 Å². The van der Waals surface area contributed by atoms with Crippen molar-refractivity contribution in [1.29, 1.82) is 0 Å². The van der Waals surface area contributed by atoms with Gasteiger partial charge in [0.25, 0.3) is 0 Å². The summed E-state index contributed by atoms with van der Waals surface area (Å²) in [5.41, 5.74) is -0.163. The highest BCUT2D eigenvalue weighted by atomic mass is 16.5. The first kappa shape index (κ1) is 15.9. The predicted molar refractivity (Wildman–Crippen MR) is 72.8 cm³/mol. The second kappa shape index (κ2) is 8.86. The molecule has 0 aromatic rings. The van der Waals surface area contributed by atoms with E-state index in [-0.39, 0.29) is 12.1 Å². The highest BCUT2D eigenvalue weighted by molar-refractivity contribution is 4.81. The largest absolute Gasteiger partial charge is 0.394 e. The first-order chi connectivity index (χ1) is 8.70. The zero-order valence-electron chi connectivity index (χ0n) is 11.9. The van der Waals surface area contributed by atoms with E-state index >= 15 is 0 Å². The molecular weight excluding hydrogens is 230 g/mol. The summed E-state index contributed by atoms with van der Waals surface area (Å²) in [4.78, 5) is 0. The van der Waals surface area contributed by atoms with Gasteiger partial charge in [-0.15, -0.1) is 0 Å². The van der Waals surface area contributed by atoms with Gasteiger partial charge in [-0.25, -0.2) is 0 Å². The lowest BCUT2D eigenvalue weighted by atomic mass is 9.97. The molecule has 0 aromatic carbocycles. The smallest absolute Gasteiger partial charge is 0.0809 e. The Labute approximate surface area is 111 Å². The van der Waals surface area contributed by atoms with E-state index in [0.717, 1.165) is 58.5 Å². The van der Waals surface area contributed by atoms with Gasteiger partial charge in [-0.3, -0.25) is 0 Å². The van der Waals surface area contributed by atoms with Gasteiger partial charge in [-0.2, -0.15) is 0 Å². The maximum Gasteiger partial charge on any atom is 0.0809 e. The van der Waals surface area contributed by atoms with Gasteiger partial charge >= 0.3 is 0 Å². The number of aliphatic hydroxyl groups is 1. The Morgan fingerprint density at radius 3 is 2.94 bits per heavy atom. The molecule has 0 spiro atoms. The summed E-state index contributed by atoms with van der Waals surface area (Å²) in [6.07, 6.45) is 5.61. The van der Waals surface area contributed by atoms with Crippen molar-refractivity contribution in [2.24, 2.45) is 0 Å². The zero-order chi connectivity index (χ0) is 13.3. The molecule has 1 fully saturated rings. The van der Waals surface area contributed by atoms with Crippen molar-refractivity contribution in [3.8, 4) is 0 Å². The molecule has 4 nitrogen and oxygen atoms in total. The van der Waals surface area contributed by atoms with Crippen molar-refractivity contribution in [1.82, 2.24) is 5.32 Å². The maximum absolute atomic E-state index is 9.42. The first-order valence-corrected chi connectivity index (χ1v) is 7.25. The average Bonchev–Trinajstić information content (AvgIpc) is 2.89. The van der Waals surface area contributed by atoms with Crippen LogP contribution in [0.15, 0.2) is 0 Å². The number of nitrogens with one attached hydrogen (secondary N) is 1. The third-order valence-corrected chi connectivity index (χ3v) is 3.50. The third kappa shape index (κ3) is 6.14. The molecule has 1 heterocycles. The Balaban J connectivity index is 2.03. The van der Waals surface area contributed by atoms with E-state index in [4.69, 9.17) is 9.47 Å². The van der Waals surface area contributed by atoms with Crippen LogP contribution in [0.2, 0.25) is 0 Å². The van der Waals surface area contributed by atoms with E-state index in [1.54, 1.807) is 0 Å². The van der Waals surface area contributed by atoms with Crippen LogP contribution in [0.3, 0.4) is 0 Å². The second-order valence-corrected chi connectivity index (χ2v) is 5.46. The van der Waals surface area contributed by atoms with Crippen LogP contribution in [-0.4, -0.2) is 49.7 Å². The molecule has 0 amide bonds. The van der Waals surface area contributed by atoms with Gasteiger partial charge in [0.2, 0.25) is 0 Å². The fourth-order valence-corrected chi connectivity index (χ4v) is 2.21. The van der Waals surface area contributed by atoms with Crippen LogP contribution in [-0.2, 0) is 9.47 Å². The fourth-order valence-electron chi connectivity index (χ4n) is 2.21. The van der Waals surface area contributed by atoms with Crippen LogP contribution < -0.4 is 5.32 Å². The number of hydrogen-bond acceptors (Lipinski definition) is 4. The van der Waals surface area contributed by atoms with E-state index in [1.165, 1.54) is 0 Å². The van der Waals surface area contributed by atoms with Gasteiger partial charge in [0, 0.05) is 18.8 Å². The fraction of sp³-hybridized carbons (Fsp3) is 1.00. The lowest BCUT2D eigenvalue weighted by Crippen LogP contribution is -2.46. The molecule has 0 bridgehead atoms. The molecular formula is C14H29NO3. The van der Waals surface area contributed by atoms with Gasteiger partial charge in [0.1, 0.15) is 0 Å². The minimum Gasteiger partial charge on any atom is -0.394 e. The Morgan fingerprint density at radius 1 is 1.50 bits per heavy atom. The maximum atomic E-state index is 9.42. The standard InChI is InChI=1S/C14H29NO3/c1-3-8-15-14(2,12-16)7-5-9-17-11-13-6-4-10-18-13/h13,15-16H,3-12H2,1-2H3. The summed E-state index contributed by atoms with van der Waals surface area (Å²) in [5.74, 6) is 0. The highest BCUT2D eigenvalue weighted by Gasteiger charge is 2.21. The molecule has 0 aliphatic carbocycles. The summed E-state index contributed by atoms with van der Waals surface area (Å²) in [6, 6.07) is 0. The van der Waals surface area contributed by atoms with Crippen LogP contribution in [0.5, 0.6) is 0 Å². The Bertz CT molecular complexity index is 207. The minimum absolute atomic E-state index is 0.163. The summed E-state index contributed by atoms with van der Waals surface area (Å²) < 4.78 is 11.1. The molecule has 18 heavy (non-hydrogen) atoms. The molecule has 1 saturated heterocycles. The minimum atomic E-state index is -0.163. The number of rotatable bonds is 10. The van der Waals surface area contributed by atoms with Crippen molar-refractivity contribution in [3.05, 3.63) is 0 Å². The van der Waals surface area contributed by atoms with Gasteiger partial charge in [-0.1, -0.05) is 6.92 Å². The molecule has 0 saturated carbocycles. The van der Waals surface area contributed by atoms with Crippen molar-refractivity contribution in [2.75, 3.05) is 33.0 Å². The van der Waals surface area contributed by atoms with Gasteiger partial charge in [0.15, 0.2) is 0 Å². The van der Waals surface area contributed by atoms with Crippen LogP contribution in [0.25, 0.3) is 0 Å². The molecule has 2 N–H and O–H groups in total. The normalized spacial score (nSPS) is 23.2. The van der Waals surface area contributed by atoms with Gasteiger partial charge in [-0.05, 0) is 45.6 Å². The number of aliphatic hydroxyl groups excluding tert-OH is 1. The third-order valence-electron chi connectivity index (χ3n) is 3.50. The number of ether oxygens (including phenoxy) is 2. The summed E-state index contributed by atoms with van der Waals surface area (Å²) in [5, 5.41) is 12.8. The lowest BCUT2D eigenvalue weighted by molar-refractivity contribution is 0.0138. The quantitative estimate of drug-likeness (QED) is 0.587. The average molecular weight is 259 g/mol.